The second kappa shape index (κ2) is 7.82. The van der Waals surface area contributed by atoms with Crippen LogP contribution in [0, 0.1) is 0 Å². The van der Waals surface area contributed by atoms with Gasteiger partial charge in [0.1, 0.15) is 0 Å². The lowest BCUT2D eigenvalue weighted by Gasteiger charge is -2.23. The first-order chi connectivity index (χ1) is 11.4. The van der Waals surface area contributed by atoms with E-state index in [0.717, 1.165) is 4.90 Å². The smallest absolute Gasteiger partial charge is 0.321 e. The van der Waals surface area contributed by atoms with Gasteiger partial charge in [0.05, 0.1) is 17.4 Å². The Bertz CT molecular complexity index is 679. The molecule has 8 nitrogen and oxygen atoms in total. The van der Waals surface area contributed by atoms with Crippen LogP contribution in [0.2, 0.25) is 0 Å². The number of benzene rings is 1. The fourth-order valence-corrected chi connectivity index (χ4v) is 3.05. The van der Waals surface area contributed by atoms with E-state index in [1.54, 1.807) is 12.1 Å². The maximum absolute atomic E-state index is 12.0. The Kier molecular flexibility index (Phi) is 5.80. The van der Waals surface area contributed by atoms with Crippen molar-refractivity contribution in [3.8, 4) is 0 Å². The number of carbonyl (C=O) groups excluding carboxylic acids is 4. The molecule has 9 heteroatoms. The molecule has 1 aromatic carbocycles. The number of thioether (sulfide) groups is 1. The second-order valence-corrected chi connectivity index (χ2v) is 6.24. The molecule has 3 N–H and O–H groups in total. The molecule has 0 spiro atoms. The highest BCUT2D eigenvalue weighted by Gasteiger charge is 2.30. The van der Waals surface area contributed by atoms with Crippen LogP contribution in [0.15, 0.2) is 29.2 Å². The number of urea groups is 1. The Morgan fingerprint density at radius 3 is 2.75 bits per heavy atom. The topological polar surface area (TPSA) is 114 Å². The maximum atomic E-state index is 12.0. The predicted molar refractivity (Wildman–Crippen MR) is 87.5 cm³/mol. The SMILES string of the molecule is CNC(=O)NC(=O)[C@@H](C)OC(=O)C[C@H]1Sc2ccccc2NC1=O. The predicted octanol–water partition coefficient (Wildman–Crippen LogP) is 0.877. The summed E-state index contributed by atoms with van der Waals surface area (Å²) < 4.78 is 4.97. The number of imide groups is 1. The van der Waals surface area contributed by atoms with Gasteiger partial charge in [-0.05, 0) is 19.1 Å². The molecule has 0 saturated heterocycles. The fraction of sp³-hybridized carbons (Fsp3) is 0.333. The van der Waals surface area contributed by atoms with Crippen LogP contribution in [0.4, 0.5) is 10.5 Å². The molecule has 0 unspecified atom stereocenters. The minimum absolute atomic E-state index is 0.178. The van der Waals surface area contributed by atoms with E-state index in [1.807, 2.05) is 17.4 Å². The molecule has 0 radical (unpaired) electrons. The monoisotopic (exact) mass is 351 g/mol. The zero-order chi connectivity index (χ0) is 17.7. The molecule has 0 aliphatic carbocycles. The van der Waals surface area contributed by atoms with Crippen LogP contribution >= 0.6 is 11.8 Å². The van der Waals surface area contributed by atoms with Crippen molar-refractivity contribution >= 4 is 41.3 Å². The van der Waals surface area contributed by atoms with Crippen molar-refractivity contribution in [1.82, 2.24) is 10.6 Å². The van der Waals surface area contributed by atoms with E-state index in [9.17, 15) is 19.2 Å². The van der Waals surface area contributed by atoms with Crippen molar-refractivity contribution < 1.29 is 23.9 Å². The van der Waals surface area contributed by atoms with Gasteiger partial charge in [0.15, 0.2) is 6.10 Å². The summed E-state index contributed by atoms with van der Waals surface area (Å²) >= 11 is 1.27. The van der Waals surface area contributed by atoms with Crippen molar-refractivity contribution in [2.75, 3.05) is 12.4 Å². The second-order valence-electron chi connectivity index (χ2n) is 5.00. The first-order valence-corrected chi connectivity index (χ1v) is 8.07. The number of carbonyl (C=O) groups is 4. The molecule has 24 heavy (non-hydrogen) atoms. The summed E-state index contributed by atoms with van der Waals surface area (Å²) in [5, 5.41) is 6.31. The van der Waals surface area contributed by atoms with Crippen molar-refractivity contribution in [3.63, 3.8) is 0 Å². The zero-order valence-corrected chi connectivity index (χ0v) is 13.9. The molecule has 1 aromatic rings. The van der Waals surface area contributed by atoms with Gasteiger partial charge < -0.3 is 15.4 Å². The first kappa shape index (κ1) is 17.8. The van der Waals surface area contributed by atoms with E-state index in [2.05, 4.69) is 10.6 Å². The van der Waals surface area contributed by atoms with Crippen LogP contribution in [-0.4, -0.2) is 42.2 Å². The molecule has 0 aromatic heterocycles. The fourth-order valence-electron chi connectivity index (χ4n) is 1.95. The standard InChI is InChI=1S/C15H17N3O5S/c1-8(13(20)18-15(22)16-2)23-12(19)7-11-14(21)17-9-5-3-4-6-10(9)24-11/h3-6,8,11H,7H2,1-2H3,(H,17,21)(H2,16,18,20,22)/t8-,11-/m1/s1. The number of hydrogen-bond acceptors (Lipinski definition) is 6. The van der Waals surface area contributed by atoms with Crippen LogP contribution < -0.4 is 16.0 Å². The lowest BCUT2D eigenvalue weighted by Crippen LogP contribution is -2.43. The number of ether oxygens (including phenoxy) is 1. The summed E-state index contributed by atoms with van der Waals surface area (Å²) in [7, 11) is 1.36. The average molecular weight is 351 g/mol. The highest BCUT2D eigenvalue weighted by Crippen LogP contribution is 2.36. The number of nitrogens with one attached hydrogen (secondary N) is 3. The summed E-state index contributed by atoms with van der Waals surface area (Å²) in [6.07, 6.45) is -1.32. The van der Waals surface area contributed by atoms with E-state index in [0.29, 0.717) is 5.69 Å². The summed E-state index contributed by atoms with van der Waals surface area (Å²) in [5.74, 6) is -1.73. The van der Waals surface area contributed by atoms with Crippen molar-refractivity contribution in [1.29, 1.82) is 0 Å². The summed E-state index contributed by atoms with van der Waals surface area (Å²) in [6.45, 7) is 1.35. The normalized spacial score (nSPS) is 17.1. The lowest BCUT2D eigenvalue weighted by atomic mass is 10.2. The summed E-state index contributed by atoms with van der Waals surface area (Å²) in [5.41, 5.74) is 0.704. The van der Waals surface area contributed by atoms with Gasteiger partial charge in [-0.2, -0.15) is 0 Å². The van der Waals surface area contributed by atoms with E-state index >= 15 is 0 Å². The minimum atomic E-state index is -1.14. The molecular formula is C15H17N3O5S. The van der Waals surface area contributed by atoms with Crippen LogP contribution in [0.5, 0.6) is 0 Å². The molecule has 1 aliphatic heterocycles. The Balaban J connectivity index is 1.89. The van der Waals surface area contributed by atoms with Crippen LogP contribution in [-0.2, 0) is 19.1 Å². The number of rotatable bonds is 4. The van der Waals surface area contributed by atoms with E-state index < -0.39 is 29.3 Å². The number of esters is 1. The quantitative estimate of drug-likeness (QED) is 0.694. The molecule has 0 saturated carbocycles. The maximum Gasteiger partial charge on any atom is 0.321 e. The Labute approximate surface area is 142 Å². The van der Waals surface area contributed by atoms with Crippen molar-refractivity contribution in [2.24, 2.45) is 0 Å². The van der Waals surface area contributed by atoms with E-state index in [4.69, 9.17) is 4.74 Å². The summed E-state index contributed by atoms with van der Waals surface area (Å²) in [4.78, 5) is 47.5. The number of amides is 4. The molecule has 2 atom stereocenters. The van der Waals surface area contributed by atoms with Crippen molar-refractivity contribution in [3.05, 3.63) is 24.3 Å². The van der Waals surface area contributed by atoms with Crippen LogP contribution in [0.25, 0.3) is 0 Å². The number of para-hydroxylation sites is 1. The van der Waals surface area contributed by atoms with Gasteiger partial charge in [-0.25, -0.2) is 4.79 Å². The Morgan fingerprint density at radius 1 is 1.33 bits per heavy atom. The number of fused-ring (bicyclic) bond motifs is 1. The Hall–Kier alpha value is -2.55. The lowest BCUT2D eigenvalue weighted by molar-refractivity contribution is -0.154. The molecule has 1 aliphatic rings. The van der Waals surface area contributed by atoms with Gasteiger partial charge in [0.25, 0.3) is 5.91 Å². The van der Waals surface area contributed by atoms with Crippen LogP contribution in [0.1, 0.15) is 13.3 Å². The van der Waals surface area contributed by atoms with E-state index in [-0.39, 0.29) is 12.3 Å². The summed E-state index contributed by atoms with van der Waals surface area (Å²) in [6, 6.07) is 6.57. The van der Waals surface area contributed by atoms with Gasteiger partial charge in [0, 0.05) is 11.9 Å². The highest BCUT2D eigenvalue weighted by atomic mass is 32.2. The molecule has 128 valence electrons. The molecule has 4 amide bonds. The molecular weight excluding hydrogens is 334 g/mol. The first-order valence-electron chi connectivity index (χ1n) is 7.19. The van der Waals surface area contributed by atoms with Crippen LogP contribution in [0.3, 0.4) is 0 Å². The van der Waals surface area contributed by atoms with E-state index in [1.165, 1.54) is 25.7 Å². The average Bonchev–Trinajstić information content (AvgIpc) is 2.55. The van der Waals surface area contributed by atoms with Gasteiger partial charge in [-0.15, -0.1) is 11.8 Å². The highest BCUT2D eigenvalue weighted by molar-refractivity contribution is 8.01. The largest absolute Gasteiger partial charge is 0.452 e. The molecule has 0 bridgehead atoms. The number of anilines is 1. The van der Waals surface area contributed by atoms with Gasteiger partial charge in [-0.1, -0.05) is 12.1 Å². The molecule has 1 heterocycles. The third-order valence-corrected chi connectivity index (χ3v) is 4.48. The van der Waals surface area contributed by atoms with Gasteiger partial charge in [0.2, 0.25) is 5.91 Å². The minimum Gasteiger partial charge on any atom is -0.452 e. The van der Waals surface area contributed by atoms with Crippen molar-refractivity contribution in [2.45, 2.75) is 29.6 Å². The van der Waals surface area contributed by atoms with Gasteiger partial charge in [-0.3, -0.25) is 19.7 Å². The molecule has 0 fully saturated rings. The number of hydrogen-bond donors (Lipinski definition) is 3. The third-order valence-electron chi connectivity index (χ3n) is 3.20. The van der Waals surface area contributed by atoms with Gasteiger partial charge >= 0.3 is 12.0 Å². The zero-order valence-electron chi connectivity index (χ0n) is 13.1. The Morgan fingerprint density at radius 2 is 2.04 bits per heavy atom. The third kappa shape index (κ3) is 4.48. The molecule has 2 rings (SSSR count).